The lowest BCUT2D eigenvalue weighted by Gasteiger charge is -2.30. The maximum atomic E-state index is 12.2. The molecule has 0 spiro atoms. The predicted molar refractivity (Wildman–Crippen MR) is 104 cm³/mol. The van der Waals surface area contributed by atoms with Gasteiger partial charge < -0.3 is 4.42 Å². The number of piperidine rings is 1. The second kappa shape index (κ2) is 6.37. The molecule has 132 valence electrons. The number of hydrogen-bond acceptors (Lipinski definition) is 5. The van der Waals surface area contributed by atoms with E-state index in [0.29, 0.717) is 18.2 Å². The third kappa shape index (κ3) is 2.75. The third-order valence-corrected chi connectivity index (χ3v) is 6.36. The number of nitrogens with zero attached hydrogens (tertiary/aromatic N) is 3. The molecule has 5 rings (SSSR count). The van der Waals surface area contributed by atoms with Crippen LogP contribution in [0.4, 0.5) is 0 Å². The van der Waals surface area contributed by atoms with Gasteiger partial charge in [-0.15, -0.1) is 11.3 Å². The average Bonchev–Trinajstić information content (AvgIpc) is 3.24. The smallest absolute Gasteiger partial charge is 0.408 e. The van der Waals surface area contributed by atoms with Crippen molar-refractivity contribution < 1.29 is 4.42 Å². The van der Waals surface area contributed by atoms with Gasteiger partial charge in [0.05, 0.1) is 27.4 Å². The van der Waals surface area contributed by atoms with Crippen molar-refractivity contribution in [1.82, 2.24) is 14.5 Å². The second-order valence-electron chi connectivity index (χ2n) is 6.82. The Morgan fingerprint density at radius 3 is 2.69 bits per heavy atom. The summed E-state index contributed by atoms with van der Waals surface area (Å²) in [6.07, 6.45) is 2.15. The van der Waals surface area contributed by atoms with E-state index < -0.39 is 0 Å². The molecule has 0 unspecified atom stereocenters. The first-order chi connectivity index (χ1) is 12.8. The van der Waals surface area contributed by atoms with Crippen LogP contribution in [0.2, 0.25) is 0 Å². The number of likely N-dealkylation sites (tertiary alicyclic amines) is 1. The first kappa shape index (κ1) is 15.8. The number of hydrogen-bond donors (Lipinski definition) is 0. The molecule has 26 heavy (non-hydrogen) atoms. The Labute approximate surface area is 154 Å². The molecular weight excluding hydrogens is 346 g/mol. The molecule has 0 radical (unpaired) electrons. The van der Waals surface area contributed by atoms with Crippen LogP contribution < -0.4 is 5.76 Å². The molecule has 0 bridgehead atoms. The fraction of sp³-hybridized carbons (Fsp3) is 0.300. The van der Waals surface area contributed by atoms with Crippen LogP contribution in [0, 0.1) is 0 Å². The van der Waals surface area contributed by atoms with Crippen LogP contribution in [0.1, 0.15) is 23.8 Å². The summed E-state index contributed by atoms with van der Waals surface area (Å²) in [6.45, 7) is 2.52. The van der Waals surface area contributed by atoms with Gasteiger partial charge in [-0.2, -0.15) is 0 Å². The maximum Gasteiger partial charge on any atom is 0.421 e. The molecule has 2 aromatic heterocycles. The van der Waals surface area contributed by atoms with Crippen molar-refractivity contribution >= 4 is 32.7 Å². The number of aromatic nitrogens is 2. The van der Waals surface area contributed by atoms with E-state index in [1.54, 1.807) is 4.57 Å². The minimum Gasteiger partial charge on any atom is -0.408 e. The van der Waals surface area contributed by atoms with Gasteiger partial charge in [-0.3, -0.25) is 9.47 Å². The van der Waals surface area contributed by atoms with Gasteiger partial charge in [0.25, 0.3) is 0 Å². The summed E-state index contributed by atoms with van der Waals surface area (Å²) < 4.78 is 8.33. The summed E-state index contributed by atoms with van der Waals surface area (Å²) >= 11 is 1.81. The zero-order valence-electron chi connectivity index (χ0n) is 14.3. The van der Waals surface area contributed by atoms with E-state index in [-0.39, 0.29) is 5.76 Å². The lowest BCUT2D eigenvalue weighted by Crippen LogP contribution is -2.36. The quantitative estimate of drug-likeness (QED) is 0.550. The molecular formula is C20H19N3O2S. The molecule has 0 amide bonds. The molecule has 0 aliphatic carbocycles. The number of thiazole rings is 1. The fourth-order valence-electron chi connectivity index (χ4n) is 3.73. The Bertz CT molecular complexity index is 1090. The van der Waals surface area contributed by atoms with Crippen LogP contribution in [0.5, 0.6) is 0 Å². The zero-order chi connectivity index (χ0) is 17.5. The SMILES string of the molecule is O=c1oc2ccccc2n1CN1CCC(c2nc3ccccc3s2)CC1. The fourth-order valence-corrected chi connectivity index (χ4v) is 4.87. The molecule has 2 aromatic carbocycles. The standard InChI is InChI=1S/C20H19N3O2S/c24-20-23(16-6-2-3-7-17(16)25-20)13-22-11-9-14(10-12-22)19-21-15-5-1-4-8-18(15)26-19/h1-8,14H,9-13H2. The summed E-state index contributed by atoms with van der Waals surface area (Å²) in [5.41, 5.74) is 2.62. The van der Waals surface area contributed by atoms with Crippen molar-refractivity contribution in [2.45, 2.75) is 25.4 Å². The zero-order valence-corrected chi connectivity index (χ0v) is 15.1. The van der Waals surface area contributed by atoms with Gasteiger partial charge in [0, 0.05) is 19.0 Å². The van der Waals surface area contributed by atoms with Crippen LogP contribution in [-0.2, 0) is 6.67 Å². The molecule has 1 saturated heterocycles. The number of rotatable bonds is 3. The van der Waals surface area contributed by atoms with E-state index >= 15 is 0 Å². The summed E-state index contributed by atoms with van der Waals surface area (Å²) in [5, 5.41) is 1.25. The monoisotopic (exact) mass is 365 g/mol. The van der Waals surface area contributed by atoms with Gasteiger partial charge in [0.1, 0.15) is 0 Å². The van der Waals surface area contributed by atoms with E-state index in [1.807, 2.05) is 41.7 Å². The Hall–Kier alpha value is -2.44. The predicted octanol–water partition coefficient (Wildman–Crippen LogP) is 4.04. The van der Waals surface area contributed by atoms with Crippen LogP contribution in [0.3, 0.4) is 0 Å². The Kier molecular flexibility index (Phi) is 3.87. The molecule has 1 fully saturated rings. The van der Waals surface area contributed by atoms with Crippen LogP contribution >= 0.6 is 11.3 Å². The number of fused-ring (bicyclic) bond motifs is 2. The van der Waals surface area contributed by atoms with Crippen LogP contribution in [0.25, 0.3) is 21.3 Å². The van der Waals surface area contributed by atoms with Crippen molar-refractivity contribution in [2.24, 2.45) is 0 Å². The lowest BCUT2D eigenvalue weighted by atomic mass is 9.98. The van der Waals surface area contributed by atoms with Crippen molar-refractivity contribution in [2.75, 3.05) is 13.1 Å². The van der Waals surface area contributed by atoms with Gasteiger partial charge >= 0.3 is 5.76 Å². The molecule has 5 nitrogen and oxygen atoms in total. The van der Waals surface area contributed by atoms with E-state index in [4.69, 9.17) is 9.40 Å². The summed E-state index contributed by atoms with van der Waals surface area (Å²) in [5.74, 6) is 0.237. The van der Waals surface area contributed by atoms with Crippen LogP contribution in [-0.4, -0.2) is 27.5 Å². The molecule has 6 heteroatoms. The maximum absolute atomic E-state index is 12.2. The molecule has 0 atom stereocenters. The van der Waals surface area contributed by atoms with E-state index in [0.717, 1.165) is 37.0 Å². The summed E-state index contributed by atoms with van der Waals surface area (Å²) in [7, 11) is 0. The largest absolute Gasteiger partial charge is 0.421 e. The highest BCUT2D eigenvalue weighted by Crippen LogP contribution is 2.33. The van der Waals surface area contributed by atoms with Gasteiger partial charge in [0.2, 0.25) is 0 Å². The lowest BCUT2D eigenvalue weighted by molar-refractivity contribution is 0.167. The second-order valence-corrected chi connectivity index (χ2v) is 7.88. The third-order valence-electron chi connectivity index (χ3n) is 5.16. The van der Waals surface area contributed by atoms with E-state index in [1.165, 1.54) is 9.71 Å². The summed E-state index contributed by atoms with van der Waals surface area (Å²) in [4.78, 5) is 19.3. The van der Waals surface area contributed by atoms with Gasteiger partial charge in [-0.25, -0.2) is 9.78 Å². The highest BCUT2D eigenvalue weighted by Gasteiger charge is 2.24. The van der Waals surface area contributed by atoms with Crippen molar-refractivity contribution in [1.29, 1.82) is 0 Å². The van der Waals surface area contributed by atoms with E-state index in [2.05, 4.69) is 23.1 Å². The summed E-state index contributed by atoms with van der Waals surface area (Å²) in [6, 6.07) is 15.9. The highest BCUT2D eigenvalue weighted by molar-refractivity contribution is 7.18. The Balaban J connectivity index is 1.31. The Morgan fingerprint density at radius 1 is 1.08 bits per heavy atom. The molecule has 1 aliphatic heterocycles. The minimum absolute atomic E-state index is 0.278. The normalized spacial score (nSPS) is 16.6. The number of benzene rings is 2. The van der Waals surface area contributed by atoms with Crippen molar-refractivity contribution in [3.05, 3.63) is 64.1 Å². The van der Waals surface area contributed by atoms with E-state index in [9.17, 15) is 4.79 Å². The van der Waals surface area contributed by atoms with Crippen LogP contribution in [0.15, 0.2) is 57.7 Å². The first-order valence-corrected chi connectivity index (χ1v) is 9.76. The number of para-hydroxylation sites is 3. The minimum atomic E-state index is -0.278. The van der Waals surface area contributed by atoms with Crippen molar-refractivity contribution in [3.8, 4) is 0 Å². The molecule has 0 N–H and O–H groups in total. The van der Waals surface area contributed by atoms with Gasteiger partial charge in [-0.1, -0.05) is 24.3 Å². The van der Waals surface area contributed by atoms with Crippen molar-refractivity contribution in [3.63, 3.8) is 0 Å². The molecule has 0 saturated carbocycles. The number of oxazole rings is 1. The van der Waals surface area contributed by atoms with Gasteiger partial charge in [-0.05, 0) is 37.1 Å². The highest BCUT2D eigenvalue weighted by atomic mass is 32.1. The van der Waals surface area contributed by atoms with Gasteiger partial charge in [0.15, 0.2) is 5.58 Å². The Morgan fingerprint density at radius 2 is 1.85 bits per heavy atom. The molecule has 4 aromatic rings. The molecule has 1 aliphatic rings. The average molecular weight is 365 g/mol. The topological polar surface area (TPSA) is 51.3 Å². The first-order valence-electron chi connectivity index (χ1n) is 8.94. The molecule has 3 heterocycles.